The number of rotatable bonds is 6. The van der Waals surface area contributed by atoms with Crippen LogP contribution in [0.15, 0.2) is 22.9 Å². The number of aromatic nitrogens is 3. The van der Waals surface area contributed by atoms with Gasteiger partial charge in [0, 0.05) is 43.3 Å². The zero-order valence-corrected chi connectivity index (χ0v) is 13.5. The maximum absolute atomic E-state index is 12.2. The molecule has 1 N–H and O–H groups in total. The van der Waals surface area contributed by atoms with Crippen molar-refractivity contribution in [3.05, 3.63) is 35.5 Å². The standard InChI is InChI=1S/C16H22N4O3/c1-11-7-14(23-19-11)8-13-9-22-10-15(13)18-16(21)4-6-20-12(2)3-5-17-20/h3,5,7,13,15H,4,6,8-10H2,1-2H3,(H,18,21)/t13-,15+/m1/s1. The van der Waals surface area contributed by atoms with Crippen molar-refractivity contribution in [2.75, 3.05) is 13.2 Å². The molecule has 0 radical (unpaired) electrons. The highest BCUT2D eigenvalue weighted by molar-refractivity contribution is 5.76. The Morgan fingerprint density at radius 1 is 1.43 bits per heavy atom. The van der Waals surface area contributed by atoms with Gasteiger partial charge in [-0.15, -0.1) is 0 Å². The van der Waals surface area contributed by atoms with Crippen molar-refractivity contribution >= 4 is 5.91 Å². The number of aryl methyl sites for hydroxylation is 3. The number of nitrogens with one attached hydrogen (secondary N) is 1. The molecule has 2 aromatic rings. The van der Waals surface area contributed by atoms with Crippen LogP contribution >= 0.6 is 0 Å². The van der Waals surface area contributed by atoms with Gasteiger partial charge in [-0.1, -0.05) is 5.16 Å². The second-order valence-electron chi connectivity index (χ2n) is 6.06. The van der Waals surface area contributed by atoms with Crippen molar-refractivity contribution in [1.29, 1.82) is 0 Å². The third-order valence-corrected chi connectivity index (χ3v) is 4.16. The van der Waals surface area contributed by atoms with Crippen LogP contribution in [-0.2, 0) is 22.5 Å². The lowest BCUT2D eigenvalue weighted by molar-refractivity contribution is -0.122. The van der Waals surface area contributed by atoms with E-state index in [0.717, 1.165) is 23.6 Å². The Morgan fingerprint density at radius 2 is 2.30 bits per heavy atom. The number of carbonyl (C=O) groups is 1. The van der Waals surface area contributed by atoms with Crippen LogP contribution in [-0.4, -0.2) is 40.1 Å². The highest BCUT2D eigenvalue weighted by atomic mass is 16.5. The topological polar surface area (TPSA) is 82.2 Å². The lowest BCUT2D eigenvalue weighted by atomic mass is 9.98. The Bertz CT molecular complexity index is 664. The van der Waals surface area contributed by atoms with Crippen molar-refractivity contribution in [3.8, 4) is 0 Å². The van der Waals surface area contributed by atoms with E-state index >= 15 is 0 Å². The van der Waals surface area contributed by atoms with Gasteiger partial charge in [-0.3, -0.25) is 9.48 Å². The first-order valence-corrected chi connectivity index (χ1v) is 7.89. The molecule has 2 atom stereocenters. The Balaban J connectivity index is 1.49. The SMILES string of the molecule is Cc1cc(C[C@@H]2COC[C@@H]2NC(=O)CCn2nccc2C)on1. The quantitative estimate of drug-likeness (QED) is 0.867. The number of nitrogens with zero attached hydrogens (tertiary/aromatic N) is 3. The molecule has 124 valence electrons. The predicted molar refractivity (Wildman–Crippen MR) is 82.8 cm³/mol. The molecular weight excluding hydrogens is 296 g/mol. The summed E-state index contributed by atoms with van der Waals surface area (Å²) in [5.41, 5.74) is 1.93. The predicted octanol–water partition coefficient (Wildman–Crippen LogP) is 1.25. The molecule has 0 saturated carbocycles. The number of carbonyl (C=O) groups excluding carboxylic acids is 1. The van der Waals surface area contributed by atoms with Crippen molar-refractivity contribution in [2.24, 2.45) is 5.92 Å². The Kier molecular flexibility index (Phi) is 4.76. The summed E-state index contributed by atoms with van der Waals surface area (Å²) in [6.07, 6.45) is 2.88. The maximum atomic E-state index is 12.2. The first kappa shape index (κ1) is 15.7. The van der Waals surface area contributed by atoms with E-state index < -0.39 is 0 Å². The molecule has 0 spiro atoms. The van der Waals surface area contributed by atoms with Crippen LogP contribution in [0.1, 0.15) is 23.6 Å². The number of ether oxygens (including phenoxy) is 1. The fraction of sp³-hybridized carbons (Fsp3) is 0.562. The molecule has 1 amide bonds. The molecule has 0 bridgehead atoms. The molecule has 3 heterocycles. The molecule has 2 aromatic heterocycles. The highest BCUT2D eigenvalue weighted by Gasteiger charge is 2.30. The molecule has 23 heavy (non-hydrogen) atoms. The molecule has 1 aliphatic heterocycles. The average molecular weight is 318 g/mol. The summed E-state index contributed by atoms with van der Waals surface area (Å²) in [7, 11) is 0. The van der Waals surface area contributed by atoms with Crippen LogP contribution in [0.25, 0.3) is 0 Å². The smallest absolute Gasteiger partial charge is 0.222 e. The molecule has 3 rings (SSSR count). The summed E-state index contributed by atoms with van der Waals surface area (Å²) >= 11 is 0. The Morgan fingerprint density at radius 3 is 3.00 bits per heavy atom. The summed E-state index contributed by atoms with van der Waals surface area (Å²) < 4.78 is 12.6. The summed E-state index contributed by atoms with van der Waals surface area (Å²) in [4.78, 5) is 12.2. The van der Waals surface area contributed by atoms with E-state index in [2.05, 4.69) is 15.6 Å². The fourth-order valence-electron chi connectivity index (χ4n) is 2.85. The first-order valence-electron chi connectivity index (χ1n) is 7.89. The largest absolute Gasteiger partial charge is 0.379 e. The minimum absolute atomic E-state index is 0.0200. The zero-order chi connectivity index (χ0) is 16.2. The van der Waals surface area contributed by atoms with Gasteiger partial charge in [0.15, 0.2) is 0 Å². The molecule has 1 fully saturated rings. The van der Waals surface area contributed by atoms with Crippen LogP contribution in [0.4, 0.5) is 0 Å². The Labute approximate surface area is 135 Å². The molecule has 1 saturated heterocycles. The number of hydrogen-bond donors (Lipinski definition) is 1. The van der Waals surface area contributed by atoms with Gasteiger partial charge in [0.2, 0.25) is 5.91 Å². The Hall–Kier alpha value is -2.15. The summed E-state index contributed by atoms with van der Waals surface area (Å²) in [5, 5.41) is 11.2. The van der Waals surface area contributed by atoms with Crippen molar-refractivity contribution in [3.63, 3.8) is 0 Å². The first-order chi connectivity index (χ1) is 11.1. The second-order valence-corrected chi connectivity index (χ2v) is 6.06. The molecule has 7 nitrogen and oxygen atoms in total. The van der Waals surface area contributed by atoms with E-state index in [0.29, 0.717) is 26.2 Å². The average Bonchev–Trinajstić information content (AvgIpc) is 3.22. The van der Waals surface area contributed by atoms with Gasteiger partial charge in [0.1, 0.15) is 5.76 Å². The van der Waals surface area contributed by atoms with E-state index in [4.69, 9.17) is 9.26 Å². The minimum atomic E-state index is 0.0200. The third kappa shape index (κ3) is 3.98. The molecule has 0 aliphatic carbocycles. The van der Waals surface area contributed by atoms with Crippen molar-refractivity contribution in [1.82, 2.24) is 20.3 Å². The lowest BCUT2D eigenvalue weighted by Crippen LogP contribution is -2.40. The van der Waals surface area contributed by atoms with Gasteiger partial charge < -0.3 is 14.6 Å². The molecule has 0 unspecified atom stereocenters. The van der Waals surface area contributed by atoms with Gasteiger partial charge in [-0.05, 0) is 19.9 Å². The van der Waals surface area contributed by atoms with Crippen molar-refractivity contribution in [2.45, 2.75) is 39.3 Å². The summed E-state index contributed by atoms with van der Waals surface area (Å²) in [6.45, 7) is 5.64. The van der Waals surface area contributed by atoms with Crippen LogP contribution < -0.4 is 5.32 Å². The highest BCUT2D eigenvalue weighted by Crippen LogP contribution is 2.20. The number of hydrogen-bond acceptors (Lipinski definition) is 5. The van der Waals surface area contributed by atoms with Gasteiger partial charge in [0.05, 0.1) is 24.9 Å². The van der Waals surface area contributed by atoms with E-state index in [1.807, 2.05) is 30.7 Å². The third-order valence-electron chi connectivity index (χ3n) is 4.16. The minimum Gasteiger partial charge on any atom is -0.379 e. The van der Waals surface area contributed by atoms with Crippen LogP contribution in [0.2, 0.25) is 0 Å². The van der Waals surface area contributed by atoms with Gasteiger partial charge in [0.25, 0.3) is 0 Å². The maximum Gasteiger partial charge on any atom is 0.222 e. The molecule has 1 aliphatic rings. The fourth-order valence-corrected chi connectivity index (χ4v) is 2.85. The number of amides is 1. The van der Waals surface area contributed by atoms with Gasteiger partial charge in [-0.2, -0.15) is 5.10 Å². The van der Waals surface area contributed by atoms with Crippen LogP contribution in [0, 0.1) is 19.8 Å². The van der Waals surface area contributed by atoms with Gasteiger partial charge in [-0.25, -0.2) is 0 Å². The van der Waals surface area contributed by atoms with Gasteiger partial charge >= 0.3 is 0 Å². The van der Waals surface area contributed by atoms with E-state index in [1.54, 1.807) is 6.20 Å². The monoisotopic (exact) mass is 318 g/mol. The molecular formula is C16H22N4O3. The molecule has 0 aromatic carbocycles. The lowest BCUT2D eigenvalue weighted by Gasteiger charge is -2.18. The molecule has 7 heteroatoms. The van der Waals surface area contributed by atoms with E-state index in [9.17, 15) is 4.79 Å². The zero-order valence-electron chi connectivity index (χ0n) is 13.5. The van der Waals surface area contributed by atoms with Crippen LogP contribution in [0.5, 0.6) is 0 Å². The van der Waals surface area contributed by atoms with E-state index in [1.165, 1.54) is 0 Å². The van der Waals surface area contributed by atoms with E-state index in [-0.39, 0.29) is 17.9 Å². The van der Waals surface area contributed by atoms with Crippen LogP contribution in [0.3, 0.4) is 0 Å². The van der Waals surface area contributed by atoms with Crippen molar-refractivity contribution < 1.29 is 14.1 Å². The second kappa shape index (κ2) is 6.95. The summed E-state index contributed by atoms with van der Waals surface area (Å²) in [6, 6.07) is 3.88. The summed E-state index contributed by atoms with van der Waals surface area (Å²) in [5.74, 6) is 1.08. The normalized spacial score (nSPS) is 20.8.